The van der Waals surface area contributed by atoms with Gasteiger partial charge < -0.3 is 18.9 Å². The molecule has 3 fully saturated rings. The van der Waals surface area contributed by atoms with Crippen molar-refractivity contribution < 1.29 is 18.9 Å². The van der Waals surface area contributed by atoms with Crippen LogP contribution in [0.15, 0.2) is 103 Å². The molecule has 4 nitrogen and oxygen atoms in total. The van der Waals surface area contributed by atoms with Gasteiger partial charge in [0.2, 0.25) is 0 Å². The minimum Gasteiger partial charge on any atom is -0.491 e. The number of hydrogen-bond donors (Lipinski definition) is 0. The van der Waals surface area contributed by atoms with E-state index in [2.05, 4.69) is 110 Å². The topological polar surface area (TPSA) is 43.5 Å². The average Bonchev–Trinajstić information content (AvgIpc) is 3.97. The summed E-state index contributed by atoms with van der Waals surface area (Å²) < 4.78 is 22.7. The van der Waals surface area contributed by atoms with Gasteiger partial charge in [0.05, 0.1) is 13.2 Å². The molecule has 4 heteroatoms. The van der Waals surface area contributed by atoms with Crippen LogP contribution in [-0.4, -0.2) is 38.6 Å². The highest BCUT2D eigenvalue weighted by atomic mass is 16.6. The van der Waals surface area contributed by atoms with Crippen molar-refractivity contribution in [2.24, 2.45) is 0 Å². The summed E-state index contributed by atoms with van der Waals surface area (Å²) in [6.45, 7) is 5.31. The van der Waals surface area contributed by atoms with Gasteiger partial charge in [0.25, 0.3) is 0 Å². The van der Waals surface area contributed by atoms with E-state index in [-0.39, 0.29) is 23.0 Å². The molecule has 2 aliphatic heterocycles. The fourth-order valence-corrected chi connectivity index (χ4v) is 6.88. The molecule has 0 N–H and O–H groups in total. The minimum absolute atomic E-state index is 0.102. The quantitative estimate of drug-likeness (QED) is 0.191. The summed E-state index contributed by atoms with van der Waals surface area (Å²) in [5, 5.41) is 0. The number of epoxide rings is 2. The van der Waals surface area contributed by atoms with Crippen molar-refractivity contribution in [2.75, 3.05) is 26.4 Å². The molecule has 0 bridgehead atoms. The highest BCUT2D eigenvalue weighted by Crippen LogP contribution is 2.57. The second kappa shape index (κ2) is 11.0. The summed E-state index contributed by atoms with van der Waals surface area (Å²) in [5.74, 6) is 1.80. The minimum atomic E-state index is -0.199. The first kappa shape index (κ1) is 26.3. The second-order valence-corrected chi connectivity index (χ2v) is 12.0. The Morgan fingerprint density at radius 1 is 0.585 bits per heavy atom. The monoisotopic (exact) mass is 546 g/mol. The lowest BCUT2D eigenvalue weighted by Gasteiger charge is -2.53. The normalized spacial score (nSPS) is 26.8. The van der Waals surface area contributed by atoms with Gasteiger partial charge >= 0.3 is 0 Å². The zero-order valence-corrected chi connectivity index (χ0v) is 23.8. The Morgan fingerprint density at radius 3 is 1.56 bits per heavy atom. The zero-order valence-electron chi connectivity index (χ0n) is 23.8. The molecular weight excluding hydrogens is 508 g/mol. The Balaban J connectivity index is 1.28. The largest absolute Gasteiger partial charge is 0.491 e. The van der Waals surface area contributed by atoms with E-state index in [4.69, 9.17) is 18.9 Å². The predicted molar refractivity (Wildman–Crippen MR) is 162 cm³/mol. The van der Waals surface area contributed by atoms with Crippen LogP contribution in [0.25, 0.3) is 11.1 Å². The van der Waals surface area contributed by atoms with E-state index in [1.54, 1.807) is 0 Å². The van der Waals surface area contributed by atoms with Crippen LogP contribution in [0.2, 0.25) is 0 Å². The lowest BCUT2D eigenvalue weighted by atomic mass is 9.49. The molecule has 1 saturated carbocycles. The lowest BCUT2D eigenvalue weighted by Crippen LogP contribution is -2.50. The van der Waals surface area contributed by atoms with Crippen molar-refractivity contribution in [1.82, 2.24) is 0 Å². The van der Waals surface area contributed by atoms with Gasteiger partial charge in [0.1, 0.15) is 36.9 Å². The van der Waals surface area contributed by atoms with Crippen LogP contribution in [0.5, 0.6) is 11.5 Å². The smallest absolute Gasteiger partial charge is 0.119 e. The van der Waals surface area contributed by atoms with Crippen molar-refractivity contribution in [3.63, 3.8) is 0 Å². The van der Waals surface area contributed by atoms with Crippen molar-refractivity contribution in [3.8, 4) is 22.6 Å². The molecule has 210 valence electrons. The maximum absolute atomic E-state index is 6.02. The van der Waals surface area contributed by atoms with Gasteiger partial charge in [0, 0.05) is 10.8 Å². The molecule has 7 rings (SSSR count). The molecule has 3 unspecified atom stereocenters. The third-order valence-corrected chi connectivity index (χ3v) is 9.42. The summed E-state index contributed by atoms with van der Waals surface area (Å²) in [6, 6.07) is 37.7. The first-order chi connectivity index (χ1) is 20.1. The molecule has 0 amide bonds. The molecule has 41 heavy (non-hydrogen) atoms. The number of ether oxygens (including phenoxy) is 4. The van der Waals surface area contributed by atoms with Crippen LogP contribution in [0.1, 0.15) is 49.3 Å². The van der Waals surface area contributed by atoms with Crippen LogP contribution in [-0.2, 0) is 20.3 Å². The molecular formula is C37H38O4. The van der Waals surface area contributed by atoms with Gasteiger partial charge in [-0.25, -0.2) is 0 Å². The molecule has 0 aromatic heterocycles. The molecule has 0 radical (unpaired) electrons. The van der Waals surface area contributed by atoms with Crippen molar-refractivity contribution >= 4 is 0 Å². The first-order valence-electron chi connectivity index (χ1n) is 15.0. The van der Waals surface area contributed by atoms with Crippen molar-refractivity contribution in [3.05, 3.63) is 120 Å². The average molecular weight is 547 g/mol. The Hall–Kier alpha value is -3.60. The lowest BCUT2D eigenvalue weighted by molar-refractivity contribution is 0.191. The van der Waals surface area contributed by atoms with E-state index in [0.29, 0.717) is 13.2 Å². The van der Waals surface area contributed by atoms with E-state index in [0.717, 1.165) is 37.6 Å². The number of benzene rings is 4. The highest BCUT2D eigenvalue weighted by Gasteiger charge is 2.52. The number of hydrogen-bond acceptors (Lipinski definition) is 4. The van der Waals surface area contributed by atoms with E-state index < -0.39 is 0 Å². The van der Waals surface area contributed by atoms with E-state index in [9.17, 15) is 0 Å². The van der Waals surface area contributed by atoms with E-state index in [1.807, 2.05) is 0 Å². The Labute approximate surface area is 243 Å². The van der Waals surface area contributed by atoms with Crippen LogP contribution < -0.4 is 9.47 Å². The number of rotatable bonds is 10. The fraction of sp³-hybridized carbons (Fsp3) is 0.351. The van der Waals surface area contributed by atoms with Gasteiger partial charge in [-0.1, -0.05) is 98.6 Å². The fourth-order valence-electron chi connectivity index (χ4n) is 6.88. The summed E-state index contributed by atoms with van der Waals surface area (Å²) >= 11 is 0. The highest BCUT2D eigenvalue weighted by molar-refractivity contribution is 5.64. The molecule has 3 aliphatic rings. The summed E-state index contributed by atoms with van der Waals surface area (Å²) in [4.78, 5) is 0. The molecule has 2 heterocycles. The summed E-state index contributed by atoms with van der Waals surface area (Å²) in [7, 11) is 0. The van der Waals surface area contributed by atoms with Gasteiger partial charge in [-0.05, 0) is 64.9 Å². The maximum atomic E-state index is 6.02. The molecule has 3 atom stereocenters. The third kappa shape index (κ3) is 5.27. The Morgan fingerprint density at radius 2 is 1.05 bits per heavy atom. The third-order valence-electron chi connectivity index (χ3n) is 9.42. The Kier molecular flexibility index (Phi) is 7.06. The van der Waals surface area contributed by atoms with Gasteiger partial charge in [0.15, 0.2) is 0 Å². The van der Waals surface area contributed by atoms with Gasteiger partial charge in [-0.2, -0.15) is 0 Å². The van der Waals surface area contributed by atoms with E-state index in [1.165, 1.54) is 40.7 Å². The maximum Gasteiger partial charge on any atom is 0.119 e. The van der Waals surface area contributed by atoms with Crippen LogP contribution >= 0.6 is 0 Å². The SMILES string of the molecule is CC1(c2ccc(-c3ccccc3)cc2)CCCCC1(c1ccc(OCC2CO2)cc1)c1ccc(OCC2CO2)cc1. The molecule has 2 saturated heterocycles. The standard InChI is InChI=1S/C37H38O4/c1-36(29-11-9-28(10-12-29)27-7-3-2-4-8-27)21-5-6-22-37(36,30-13-17-32(18-14-30)38-23-34-25-40-34)31-15-19-33(20-16-31)39-24-35-26-41-35/h2-4,7-20,34-35H,5-6,21-26H2,1H3. The van der Waals surface area contributed by atoms with Crippen LogP contribution in [0.3, 0.4) is 0 Å². The van der Waals surface area contributed by atoms with Crippen molar-refractivity contribution in [1.29, 1.82) is 0 Å². The van der Waals surface area contributed by atoms with Crippen LogP contribution in [0, 0.1) is 0 Å². The first-order valence-corrected chi connectivity index (χ1v) is 15.0. The van der Waals surface area contributed by atoms with Crippen molar-refractivity contribution in [2.45, 2.75) is 55.6 Å². The van der Waals surface area contributed by atoms with Crippen LogP contribution in [0.4, 0.5) is 0 Å². The van der Waals surface area contributed by atoms with Gasteiger partial charge in [-0.15, -0.1) is 0 Å². The molecule has 4 aromatic rings. The predicted octanol–water partition coefficient (Wildman–Crippen LogP) is 7.73. The Bertz CT molecular complexity index is 1380. The molecule has 0 spiro atoms. The second-order valence-electron chi connectivity index (χ2n) is 12.0. The summed E-state index contributed by atoms with van der Waals surface area (Å²) in [6.07, 6.45) is 5.08. The zero-order chi connectivity index (χ0) is 27.7. The summed E-state index contributed by atoms with van der Waals surface area (Å²) in [5.41, 5.74) is 6.25. The molecule has 1 aliphatic carbocycles. The van der Waals surface area contributed by atoms with E-state index >= 15 is 0 Å². The molecule has 4 aromatic carbocycles. The van der Waals surface area contributed by atoms with Gasteiger partial charge in [-0.3, -0.25) is 0 Å².